The smallest absolute Gasteiger partial charge is 0.196 e. The summed E-state index contributed by atoms with van der Waals surface area (Å²) in [6.45, 7) is 2.00. The van der Waals surface area contributed by atoms with E-state index in [4.69, 9.17) is 4.42 Å². The molecule has 1 aromatic carbocycles. The molecular weight excluding hydrogens is 236 g/mol. The Labute approximate surface area is 113 Å². The molecule has 0 saturated carbocycles. The molecule has 2 heteroatoms. The lowest BCUT2D eigenvalue weighted by atomic mass is 9.89. The standard InChI is InChI=1S/C17H18O2/c1-2-16-15(9-10-19-16)17(18)14-8-7-12-5-3-4-6-13(12)11-14/h7-11H,2-6H2,1H3. The van der Waals surface area contributed by atoms with Crippen LogP contribution in [0.3, 0.4) is 0 Å². The Morgan fingerprint density at radius 2 is 1.95 bits per heavy atom. The lowest BCUT2D eigenvalue weighted by molar-refractivity contribution is 0.103. The first-order valence-electron chi connectivity index (χ1n) is 7.02. The number of ketones is 1. The molecule has 2 aromatic rings. The summed E-state index contributed by atoms with van der Waals surface area (Å²) >= 11 is 0. The zero-order valence-electron chi connectivity index (χ0n) is 11.2. The minimum atomic E-state index is 0.0824. The van der Waals surface area contributed by atoms with Gasteiger partial charge >= 0.3 is 0 Å². The van der Waals surface area contributed by atoms with E-state index in [1.165, 1.54) is 24.0 Å². The molecule has 0 saturated heterocycles. The Hall–Kier alpha value is -1.83. The number of rotatable bonds is 3. The first-order valence-corrected chi connectivity index (χ1v) is 7.02. The van der Waals surface area contributed by atoms with E-state index in [1.807, 2.05) is 13.0 Å². The molecular formula is C17H18O2. The molecule has 98 valence electrons. The second kappa shape index (κ2) is 5.04. The Morgan fingerprint density at radius 1 is 1.16 bits per heavy atom. The summed E-state index contributed by atoms with van der Waals surface area (Å²) in [7, 11) is 0. The predicted molar refractivity (Wildman–Crippen MR) is 74.6 cm³/mol. The maximum absolute atomic E-state index is 12.5. The highest BCUT2D eigenvalue weighted by atomic mass is 16.3. The van der Waals surface area contributed by atoms with Gasteiger partial charge in [0.15, 0.2) is 5.78 Å². The fraction of sp³-hybridized carbons (Fsp3) is 0.353. The summed E-state index contributed by atoms with van der Waals surface area (Å²) in [5.41, 5.74) is 4.25. The number of furan rings is 1. The second-order valence-electron chi connectivity index (χ2n) is 5.13. The van der Waals surface area contributed by atoms with Crippen LogP contribution < -0.4 is 0 Å². The molecule has 1 heterocycles. The zero-order chi connectivity index (χ0) is 13.2. The molecule has 0 bridgehead atoms. The summed E-state index contributed by atoms with van der Waals surface area (Å²) in [5, 5.41) is 0. The van der Waals surface area contributed by atoms with Crippen molar-refractivity contribution in [2.45, 2.75) is 39.0 Å². The number of hydrogen-bond donors (Lipinski definition) is 0. The van der Waals surface area contributed by atoms with Gasteiger partial charge in [-0.05, 0) is 48.9 Å². The first kappa shape index (κ1) is 12.2. The second-order valence-corrected chi connectivity index (χ2v) is 5.13. The zero-order valence-corrected chi connectivity index (χ0v) is 11.2. The van der Waals surface area contributed by atoms with Crippen LogP contribution in [0.1, 0.15) is 52.6 Å². The van der Waals surface area contributed by atoms with Crippen LogP contribution in [0, 0.1) is 0 Å². The number of benzene rings is 1. The van der Waals surface area contributed by atoms with Gasteiger partial charge in [-0.2, -0.15) is 0 Å². The summed E-state index contributed by atoms with van der Waals surface area (Å²) < 4.78 is 5.35. The molecule has 1 aromatic heterocycles. The lowest BCUT2D eigenvalue weighted by Gasteiger charge is -2.16. The normalized spacial score (nSPS) is 14.2. The summed E-state index contributed by atoms with van der Waals surface area (Å²) in [4.78, 5) is 12.5. The molecule has 0 unspecified atom stereocenters. The molecule has 0 N–H and O–H groups in total. The van der Waals surface area contributed by atoms with E-state index < -0.39 is 0 Å². The molecule has 0 atom stereocenters. The van der Waals surface area contributed by atoms with Crippen molar-refractivity contribution in [2.24, 2.45) is 0 Å². The Kier molecular flexibility index (Phi) is 3.24. The van der Waals surface area contributed by atoms with Crippen LogP contribution in [-0.4, -0.2) is 5.78 Å². The van der Waals surface area contributed by atoms with E-state index in [9.17, 15) is 4.79 Å². The molecule has 0 aliphatic heterocycles. The molecule has 2 nitrogen and oxygen atoms in total. The SMILES string of the molecule is CCc1occc1C(=O)c1ccc2c(c1)CCCC2. The number of fused-ring (bicyclic) bond motifs is 1. The van der Waals surface area contributed by atoms with Crippen LogP contribution in [-0.2, 0) is 19.3 Å². The third-order valence-corrected chi connectivity index (χ3v) is 3.92. The van der Waals surface area contributed by atoms with Gasteiger partial charge in [0.1, 0.15) is 5.76 Å². The van der Waals surface area contributed by atoms with Crippen LogP contribution in [0.5, 0.6) is 0 Å². The van der Waals surface area contributed by atoms with Crippen LogP contribution in [0.4, 0.5) is 0 Å². The summed E-state index contributed by atoms with van der Waals surface area (Å²) in [6.07, 6.45) is 7.10. The van der Waals surface area contributed by atoms with Gasteiger partial charge in [0.2, 0.25) is 0 Å². The minimum Gasteiger partial charge on any atom is -0.469 e. The van der Waals surface area contributed by atoms with Gasteiger partial charge in [-0.1, -0.05) is 19.1 Å². The van der Waals surface area contributed by atoms with Crippen LogP contribution >= 0.6 is 0 Å². The van der Waals surface area contributed by atoms with E-state index in [0.717, 1.165) is 30.6 Å². The largest absolute Gasteiger partial charge is 0.469 e. The molecule has 0 fully saturated rings. The fourth-order valence-corrected chi connectivity index (χ4v) is 2.85. The molecule has 0 radical (unpaired) electrons. The quantitative estimate of drug-likeness (QED) is 0.776. The van der Waals surface area contributed by atoms with Gasteiger partial charge in [0.25, 0.3) is 0 Å². The Balaban J connectivity index is 1.96. The Morgan fingerprint density at radius 3 is 2.74 bits per heavy atom. The van der Waals surface area contributed by atoms with Gasteiger partial charge in [0.05, 0.1) is 11.8 Å². The average Bonchev–Trinajstić information content (AvgIpc) is 2.94. The van der Waals surface area contributed by atoms with Gasteiger partial charge in [0, 0.05) is 12.0 Å². The van der Waals surface area contributed by atoms with Crippen molar-refractivity contribution in [3.63, 3.8) is 0 Å². The number of carbonyl (C=O) groups excluding carboxylic acids is 1. The molecule has 0 spiro atoms. The minimum absolute atomic E-state index is 0.0824. The Bertz CT molecular complexity index is 607. The average molecular weight is 254 g/mol. The molecule has 19 heavy (non-hydrogen) atoms. The summed E-state index contributed by atoms with van der Waals surface area (Å²) in [6, 6.07) is 7.93. The van der Waals surface area contributed by atoms with Crippen molar-refractivity contribution < 1.29 is 9.21 Å². The van der Waals surface area contributed by atoms with E-state index >= 15 is 0 Å². The van der Waals surface area contributed by atoms with Crippen molar-refractivity contribution >= 4 is 5.78 Å². The van der Waals surface area contributed by atoms with Crippen molar-refractivity contribution in [1.82, 2.24) is 0 Å². The highest BCUT2D eigenvalue weighted by Gasteiger charge is 2.17. The first-order chi connectivity index (χ1) is 9.29. The number of hydrogen-bond acceptors (Lipinski definition) is 2. The van der Waals surface area contributed by atoms with Crippen molar-refractivity contribution in [2.75, 3.05) is 0 Å². The van der Waals surface area contributed by atoms with Gasteiger partial charge < -0.3 is 4.42 Å². The highest BCUT2D eigenvalue weighted by Crippen LogP contribution is 2.24. The molecule has 1 aliphatic rings. The van der Waals surface area contributed by atoms with E-state index in [1.54, 1.807) is 12.3 Å². The maximum atomic E-state index is 12.5. The summed E-state index contributed by atoms with van der Waals surface area (Å²) in [5.74, 6) is 0.863. The van der Waals surface area contributed by atoms with E-state index in [-0.39, 0.29) is 5.78 Å². The van der Waals surface area contributed by atoms with Crippen LogP contribution in [0.15, 0.2) is 34.9 Å². The molecule has 3 rings (SSSR count). The topological polar surface area (TPSA) is 30.2 Å². The van der Waals surface area contributed by atoms with E-state index in [0.29, 0.717) is 5.56 Å². The van der Waals surface area contributed by atoms with Gasteiger partial charge in [-0.25, -0.2) is 0 Å². The third-order valence-electron chi connectivity index (χ3n) is 3.92. The van der Waals surface area contributed by atoms with Gasteiger partial charge in [-0.15, -0.1) is 0 Å². The number of carbonyl (C=O) groups is 1. The fourth-order valence-electron chi connectivity index (χ4n) is 2.85. The third kappa shape index (κ3) is 2.23. The van der Waals surface area contributed by atoms with Crippen LogP contribution in [0.25, 0.3) is 0 Å². The van der Waals surface area contributed by atoms with Gasteiger partial charge in [-0.3, -0.25) is 4.79 Å². The van der Waals surface area contributed by atoms with Crippen molar-refractivity contribution in [3.8, 4) is 0 Å². The molecule has 1 aliphatic carbocycles. The highest BCUT2D eigenvalue weighted by molar-refractivity contribution is 6.09. The molecule has 0 amide bonds. The predicted octanol–water partition coefficient (Wildman–Crippen LogP) is 3.95. The number of aryl methyl sites for hydroxylation is 3. The monoisotopic (exact) mass is 254 g/mol. The van der Waals surface area contributed by atoms with Crippen molar-refractivity contribution in [3.05, 3.63) is 58.5 Å². The van der Waals surface area contributed by atoms with Crippen LogP contribution in [0.2, 0.25) is 0 Å². The maximum Gasteiger partial charge on any atom is 0.196 e. The van der Waals surface area contributed by atoms with Crippen molar-refractivity contribution in [1.29, 1.82) is 0 Å². The lowest BCUT2D eigenvalue weighted by Crippen LogP contribution is -2.07. The van der Waals surface area contributed by atoms with E-state index in [2.05, 4.69) is 12.1 Å².